The SMILES string of the molecule is CCC(CC)C(NC(=O)c1coc(CN)c1)c1ccccc1. The molecule has 0 aliphatic heterocycles. The van der Waals surface area contributed by atoms with Crippen molar-refractivity contribution in [3.63, 3.8) is 0 Å². The fourth-order valence-corrected chi connectivity index (χ4v) is 2.73. The van der Waals surface area contributed by atoms with Gasteiger partial charge in [0.2, 0.25) is 0 Å². The first-order valence-electron chi connectivity index (χ1n) is 7.82. The topological polar surface area (TPSA) is 68.3 Å². The monoisotopic (exact) mass is 300 g/mol. The molecular formula is C18H24N2O2. The maximum Gasteiger partial charge on any atom is 0.255 e. The number of furan rings is 1. The van der Waals surface area contributed by atoms with Crippen LogP contribution >= 0.6 is 0 Å². The van der Waals surface area contributed by atoms with Gasteiger partial charge in [-0.15, -0.1) is 0 Å². The van der Waals surface area contributed by atoms with Crippen molar-refractivity contribution in [1.29, 1.82) is 0 Å². The van der Waals surface area contributed by atoms with Gasteiger partial charge in [-0.05, 0) is 17.5 Å². The third kappa shape index (κ3) is 3.77. The second kappa shape index (κ2) is 7.80. The van der Waals surface area contributed by atoms with Crippen LogP contribution in [0.2, 0.25) is 0 Å². The summed E-state index contributed by atoms with van der Waals surface area (Å²) >= 11 is 0. The molecular weight excluding hydrogens is 276 g/mol. The molecule has 22 heavy (non-hydrogen) atoms. The maximum absolute atomic E-state index is 12.5. The number of hydrogen-bond acceptors (Lipinski definition) is 3. The van der Waals surface area contributed by atoms with Crippen molar-refractivity contribution in [1.82, 2.24) is 5.32 Å². The van der Waals surface area contributed by atoms with Crippen molar-refractivity contribution in [2.45, 2.75) is 39.3 Å². The Balaban J connectivity index is 2.20. The Morgan fingerprint density at radius 1 is 1.23 bits per heavy atom. The normalized spacial score (nSPS) is 12.4. The van der Waals surface area contributed by atoms with E-state index in [2.05, 4.69) is 31.3 Å². The first-order valence-corrected chi connectivity index (χ1v) is 7.82. The minimum atomic E-state index is -0.121. The average molecular weight is 300 g/mol. The number of amides is 1. The minimum Gasteiger partial charge on any atom is -0.467 e. The Hall–Kier alpha value is -2.07. The molecule has 4 nitrogen and oxygen atoms in total. The first kappa shape index (κ1) is 16.3. The van der Waals surface area contributed by atoms with Gasteiger partial charge in [0.15, 0.2) is 0 Å². The zero-order chi connectivity index (χ0) is 15.9. The summed E-state index contributed by atoms with van der Waals surface area (Å²) in [5, 5.41) is 3.15. The second-order valence-corrected chi connectivity index (χ2v) is 5.44. The third-order valence-corrected chi connectivity index (χ3v) is 4.08. The van der Waals surface area contributed by atoms with E-state index in [9.17, 15) is 4.79 Å². The smallest absolute Gasteiger partial charge is 0.255 e. The molecule has 0 fully saturated rings. The van der Waals surface area contributed by atoms with Gasteiger partial charge in [0.25, 0.3) is 5.91 Å². The van der Waals surface area contributed by atoms with Crippen LogP contribution in [0.15, 0.2) is 47.1 Å². The number of nitrogens with one attached hydrogen (secondary N) is 1. The fourth-order valence-electron chi connectivity index (χ4n) is 2.73. The molecule has 3 N–H and O–H groups in total. The van der Waals surface area contributed by atoms with E-state index in [0.717, 1.165) is 18.4 Å². The lowest BCUT2D eigenvalue weighted by atomic mass is 9.88. The van der Waals surface area contributed by atoms with Crippen LogP contribution in [0.3, 0.4) is 0 Å². The molecule has 1 amide bonds. The van der Waals surface area contributed by atoms with E-state index in [1.165, 1.54) is 6.26 Å². The van der Waals surface area contributed by atoms with Crippen molar-refractivity contribution in [3.05, 3.63) is 59.5 Å². The van der Waals surface area contributed by atoms with E-state index in [-0.39, 0.29) is 11.9 Å². The summed E-state index contributed by atoms with van der Waals surface area (Å²) in [6.45, 7) is 4.60. The van der Waals surface area contributed by atoms with Crippen LogP contribution < -0.4 is 11.1 Å². The molecule has 0 radical (unpaired) electrons. The van der Waals surface area contributed by atoms with Gasteiger partial charge in [-0.3, -0.25) is 4.79 Å². The van der Waals surface area contributed by atoms with Crippen molar-refractivity contribution < 1.29 is 9.21 Å². The highest BCUT2D eigenvalue weighted by Crippen LogP contribution is 2.27. The number of nitrogens with two attached hydrogens (primary N) is 1. The lowest BCUT2D eigenvalue weighted by molar-refractivity contribution is 0.0919. The predicted octanol–water partition coefficient (Wildman–Crippen LogP) is 3.65. The van der Waals surface area contributed by atoms with Gasteiger partial charge in [0, 0.05) is 0 Å². The molecule has 0 bridgehead atoms. The first-order chi connectivity index (χ1) is 10.7. The predicted molar refractivity (Wildman–Crippen MR) is 87.3 cm³/mol. The quantitative estimate of drug-likeness (QED) is 0.820. The number of carbonyl (C=O) groups excluding carboxylic acids is 1. The second-order valence-electron chi connectivity index (χ2n) is 5.44. The van der Waals surface area contributed by atoms with Gasteiger partial charge >= 0.3 is 0 Å². The van der Waals surface area contributed by atoms with E-state index in [1.807, 2.05) is 18.2 Å². The molecule has 1 aromatic carbocycles. The van der Waals surface area contributed by atoms with E-state index in [4.69, 9.17) is 10.2 Å². The largest absolute Gasteiger partial charge is 0.467 e. The summed E-state index contributed by atoms with van der Waals surface area (Å²) in [4.78, 5) is 12.5. The van der Waals surface area contributed by atoms with Gasteiger partial charge in [0.05, 0.1) is 18.2 Å². The average Bonchev–Trinajstić information content (AvgIpc) is 3.05. The van der Waals surface area contributed by atoms with Crippen LogP contribution in [-0.4, -0.2) is 5.91 Å². The lowest BCUT2D eigenvalue weighted by Crippen LogP contribution is -2.33. The van der Waals surface area contributed by atoms with Gasteiger partial charge in [-0.1, -0.05) is 57.0 Å². The molecule has 118 valence electrons. The molecule has 1 unspecified atom stereocenters. The summed E-state index contributed by atoms with van der Waals surface area (Å²) in [7, 11) is 0. The number of benzene rings is 1. The Bertz CT molecular complexity index is 588. The van der Waals surface area contributed by atoms with Crippen molar-refractivity contribution in [2.24, 2.45) is 11.7 Å². The molecule has 0 saturated heterocycles. The highest BCUT2D eigenvalue weighted by molar-refractivity contribution is 5.94. The lowest BCUT2D eigenvalue weighted by Gasteiger charge is -2.26. The zero-order valence-electron chi connectivity index (χ0n) is 13.2. The van der Waals surface area contributed by atoms with E-state index in [1.54, 1.807) is 6.07 Å². The van der Waals surface area contributed by atoms with Crippen LogP contribution in [-0.2, 0) is 6.54 Å². The van der Waals surface area contributed by atoms with Crippen LogP contribution in [0.25, 0.3) is 0 Å². The highest BCUT2D eigenvalue weighted by Gasteiger charge is 2.23. The Morgan fingerprint density at radius 2 is 1.91 bits per heavy atom. The van der Waals surface area contributed by atoms with Crippen LogP contribution in [0.4, 0.5) is 0 Å². The van der Waals surface area contributed by atoms with Crippen LogP contribution in [0, 0.1) is 5.92 Å². The summed E-state index contributed by atoms with van der Waals surface area (Å²) in [5.74, 6) is 0.889. The maximum atomic E-state index is 12.5. The molecule has 1 heterocycles. The van der Waals surface area contributed by atoms with Crippen molar-refractivity contribution in [2.75, 3.05) is 0 Å². The third-order valence-electron chi connectivity index (χ3n) is 4.08. The summed E-state index contributed by atoms with van der Waals surface area (Å²) in [6, 6.07) is 11.8. The Morgan fingerprint density at radius 3 is 2.45 bits per heavy atom. The molecule has 1 aromatic heterocycles. The molecule has 4 heteroatoms. The Labute approximate surface area is 131 Å². The van der Waals surface area contributed by atoms with E-state index in [0.29, 0.717) is 23.8 Å². The molecule has 2 rings (SSSR count). The summed E-state index contributed by atoms with van der Waals surface area (Å²) in [6.07, 6.45) is 3.48. The zero-order valence-corrected chi connectivity index (χ0v) is 13.2. The van der Waals surface area contributed by atoms with Crippen molar-refractivity contribution >= 4 is 5.91 Å². The number of hydrogen-bond donors (Lipinski definition) is 2. The number of carbonyl (C=O) groups is 1. The molecule has 0 spiro atoms. The Kier molecular flexibility index (Phi) is 5.78. The van der Waals surface area contributed by atoms with Gasteiger partial charge < -0.3 is 15.5 Å². The molecule has 0 aliphatic rings. The van der Waals surface area contributed by atoms with E-state index >= 15 is 0 Å². The van der Waals surface area contributed by atoms with Crippen LogP contribution in [0.1, 0.15) is 54.4 Å². The van der Waals surface area contributed by atoms with Gasteiger partial charge in [0.1, 0.15) is 12.0 Å². The minimum absolute atomic E-state index is 0.0000680. The van der Waals surface area contributed by atoms with Crippen molar-refractivity contribution in [3.8, 4) is 0 Å². The molecule has 2 aromatic rings. The van der Waals surface area contributed by atoms with E-state index < -0.39 is 0 Å². The molecule has 0 aliphatic carbocycles. The summed E-state index contributed by atoms with van der Waals surface area (Å²) < 4.78 is 5.25. The summed E-state index contributed by atoms with van der Waals surface area (Å²) in [5.41, 5.74) is 7.17. The van der Waals surface area contributed by atoms with Gasteiger partial charge in [-0.25, -0.2) is 0 Å². The number of rotatable bonds is 7. The van der Waals surface area contributed by atoms with Crippen LogP contribution in [0.5, 0.6) is 0 Å². The fraction of sp³-hybridized carbons (Fsp3) is 0.389. The molecule has 1 atom stereocenters. The highest BCUT2D eigenvalue weighted by atomic mass is 16.3. The standard InChI is InChI=1S/C18H24N2O2/c1-3-13(4-2)17(14-8-6-5-7-9-14)20-18(21)15-10-16(11-19)22-12-15/h5-10,12-13,17H,3-4,11,19H2,1-2H3,(H,20,21). The van der Waals surface area contributed by atoms with Gasteiger partial charge in [-0.2, -0.15) is 0 Å². The molecule has 0 saturated carbocycles.